The number of ether oxygens (including phenoxy) is 2. The maximum Gasteiger partial charge on any atom is 0.407 e. The Morgan fingerprint density at radius 1 is 1.19 bits per heavy atom. The van der Waals surface area contributed by atoms with E-state index in [4.69, 9.17) is 9.47 Å². The van der Waals surface area contributed by atoms with Crippen molar-refractivity contribution < 1.29 is 19.1 Å². The maximum absolute atomic E-state index is 12.0. The molecule has 124 valence electrons. The fraction of sp³-hybridized carbons (Fsp3) is 0.867. The van der Waals surface area contributed by atoms with E-state index in [-0.39, 0.29) is 11.5 Å². The first kappa shape index (κ1) is 20.0. The van der Waals surface area contributed by atoms with Crippen LogP contribution in [0.25, 0.3) is 0 Å². The van der Waals surface area contributed by atoms with Crippen molar-refractivity contribution in [1.82, 2.24) is 5.32 Å². The lowest BCUT2D eigenvalue weighted by molar-refractivity contribution is -0.143. The highest BCUT2D eigenvalue weighted by Crippen LogP contribution is 2.28. The predicted octanol–water partition coefficient (Wildman–Crippen LogP) is 3.56. The first-order valence-electron chi connectivity index (χ1n) is 7.61. The van der Waals surface area contributed by atoms with E-state index < -0.39 is 19.8 Å². The van der Waals surface area contributed by atoms with Gasteiger partial charge in [-0.25, -0.2) is 4.79 Å². The molecule has 0 aromatic rings. The second-order valence-electron chi connectivity index (χ2n) is 7.24. The van der Waals surface area contributed by atoms with Crippen molar-refractivity contribution in [3.05, 3.63) is 0 Å². The molecular weight excluding hydrogens is 286 g/mol. The van der Waals surface area contributed by atoms with E-state index in [9.17, 15) is 9.59 Å². The molecule has 0 fully saturated rings. The lowest BCUT2D eigenvalue weighted by Crippen LogP contribution is -2.36. The molecule has 1 N–H and O–H groups in total. The average Bonchev–Trinajstić information content (AvgIpc) is 2.24. The molecule has 6 heteroatoms. The molecule has 0 aromatic heterocycles. The number of amides is 1. The van der Waals surface area contributed by atoms with E-state index in [1.165, 1.54) is 0 Å². The Bertz CT molecular complexity index is 345. The summed E-state index contributed by atoms with van der Waals surface area (Å²) in [5.41, 5.74) is -0.520. The van der Waals surface area contributed by atoms with Gasteiger partial charge in [0.15, 0.2) is 0 Å². The van der Waals surface area contributed by atoms with Crippen molar-refractivity contribution in [2.24, 2.45) is 0 Å². The zero-order valence-electron chi connectivity index (χ0n) is 14.5. The minimum atomic E-state index is -1.62. The molecule has 0 bridgehead atoms. The van der Waals surface area contributed by atoms with Crippen molar-refractivity contribution >= 4 is 20.1 Å². The number of esters is 1. The van der Waals surface area contributed by atoms with Gasteiger partial charge in [0.1, 0.15) is 5.60 Å². The molecular formula is C15H31NO4Si. The van der Waals surface area contributed by atoms with Gasteiger partial charge in [0, 0.05) is 6.54 Å². The molecule has 0 aliphatic carbocycles. The summed E-state index contributed by atoms with van der Waals surface area (Å²) in [5, 5.41) is 2.72. The Labute approximate surface area is 129 Å². The number of carbonyl (C=O) groups excluding carboxylic acids is 2. The van der Waals surface area contributed by atoms with E-state index in [0.717, 1.165) is 12.8 Å². The topological polar surface area (TPSA) is 64.6 Å². The van der Waals surface area contributed by atoms with Gasteiger partial charge in [-0.15, -0.1) is 0 Å². The monoisotopic (exact) mass is 317 g/mol. The molecule has 0 saturated carbocycles. The first-order valence-corrected chi connectivity index (χ1v) is 11.2. The van der Waals surface area contributed by atoms with Crippen LogP contribution >= 0.6 is 0 Å². The summed E-state index contributed by atoms with van der Waals surface area (Å²) in [4.78, 5) is 23.5. The Morgan fingerprint density at radius 2 is 1.76 bits per heavy atom. The molecule has 0 radical (unpaired) electrons. The molecule has 0 saturated heterocycles. The fourth-order valence-electron chi connectivity index (χ4n) is 1.96. The summed E-state index contributed by atoms with van der Waals surface area (Å²) in [7, 11) is -1.62. The third-order valence-corrected chi connectivity index (χ3v) is 5.57. The van der Waals surface area contributed by atoms with Crippen molar-refractivity contribution in [2.45, 2.75) is 71.3 Å². The number of nitrogens with one attached hydrogen (secondary N) is 1. The van der Waals surface area contributed by atoms with Crippen LogP contribution < -0.4 is 5.32 Å². The normalized spacial score (nSPS) is 13.5. The van der Waals surface area contributed by atoms with Crippen LogP contribution in [0.5, 0.6) is 0 Å². The molecule has 0 rings (SSSR count). The zero-order valence-corrected chi connectivity index (χ0v) is 15.5. The minimum absolute atomic E-state index is 0.0297. The summed E-state index contributed by atoms with van der Waals surface area (Å²) in [6.07, 6.45) is 1.07. The number of hydrogen-bond acceptors (Lipinski definition) is 4. The van der Waals surface area contributed by atoms with Crippen LogP contribution in [0.3, 0.4) is 0 Å². The molecule has 1 unspecified atom stereocenters. The van der Waals surface area contributed by atoms with Gasteiger partial charge in [-0.05, 0) is 40.5 Å². The molecule has 0 heterocycles. The second kappa shape index (κ2) is 8.41. The highest BCUT2D eigenvalue weighted by molar-refractivity contribution is 6.80. The van der Waals surface area contributed by atoms with Crippen LogP contribution in [0, 0.1) is 0 Å². The van der Waals surface area contributed by atoms with Crippen LogP contribution in [-0.4, -0.2) is 38.9 Å². The number of carbonyl (C=O) groups is 2. The van der Waals surface area contributed by atoms with Crippen molar-refractivity contribution in [3.8, 4) is 0 Å². The lowest BCUT2D eigenvalue weighted by Gasteiger charge is -2.27. The quantitative estimate of drug-likeness (QED) is 0.443. The zero-order chi connectivity index (χ0) is 16.7. The van der Waals surface area contributed by atoms with Gasteiger partial charge in [-0.2, -0.15) is 0 Å². The van der Waals surface area contributed by atoms with Gasteiger partial charge in [-0.1, -0.05) is 19.6 Å². The van der Waals surface area contributed by atoms with Crippen LogP contribution in [0.15, 0.2) is 0 Å². The van der Waals surface area contributed by atoms with Crippen LogP contribution in [0.4, 0.5) is 4.79 Å². The summed E-state index contributed by atoms with van der Waals surface area (Å²) in [6, 6.07) is 0. The summed E-state index contributed by atoms with van der Waals surface area (Å²) < 4.78 is 10.3. The lowest BCUT2D eigenvalue weighted by atomic mass is 10.2. The second-order valence-corrected chi connectivity index (χ2v) is 12.7. The van der Waals surface area contributed by atoms with Gasteiger partial charge in [0.25, 0.3) is 0 Å². The van der Waals surface area contributed by atoms with Crippen LogP contribution in [-0.2, 0) is 14.3 Å². The van der Waals surface area contributed by atoms with E-state index in [1.54, 1.807) is 0 Å². The number of hydrogen-bond donors (Lipinski definition) is 1. The highest BCUT2D eigenvalue weighted by atomic mass is 28.3. The van der Waals surface area contributed by atoms with E-state index in [0.29, 0.717) is 13.2 Å². The van der Waals surface area contributed by atoms with E-state index in [2.05, 4.69) is 25.0 Å². The SMILES string of the molecule is CCOC(=O)C(CCCNC(=O)OC(C)(C)C)[Si](C)(C)C. The Balaban J connectivity index is 4.22. The molecule has 1 atom stereocenters. The largest absolute Gasteiger partial charge is 0.466 e. The Morgan fingerprint density at radius 3 is 2.19 bits per heavy atom. The van der Waals surface area contributed by atoms with Crippen molar-refractivity contribution in [2.75, 3.05) is 13.2 Å². The van der Waals surface area contributed by atoms with Gasteiger partial charge in [-0.3, -0.25) is 4.79 Å². The van der Waals surface area contributed by atoms with Gasteiger partial charge >= 0.3 is 12.1 Å². The Hall–Kier alpha value is -1.04. The number of rotatable bonds is 7. The molecule has 5 nitrogen and oxygen atoms in total. The molecule has 21 heavy (non-hydrogen) atoms. The molecule has 0 aliphatic heterocycles. The standard InChI is InChI=1S/C15H31NO4Si/c1-8-19-13(17)12(21(5,6)7)10-9-11-16-14(18)20-15(2,3)4/h12H,8-11H2,1-7H3,(H,16,18). The van der Waals surface area contributed by atoms with E-state index in [1.807, 2.05) is 27.7 Å². The Kier molecular flexibility index (Phi) is 7.99. The summed E-state index contributed by atoms with van der Waals surface area (Å²) >= 11 is 0. The summed E-state index contributed by atoms with van der Waals surface area (Å²) in [5.74, 6) is -0.103. The first-order chi connectivity index (χ1) is 9.47. The third-order valence-electron chi connectivity index (χ3n) is 2.95. The summed E-state index contributed by atoms with van der Waals surface area (Å²) in [6.45, 7) is 14.7. The van der Waals surface area contributed by atoms with Crippen LogP contribution in [0.1, 0.15) is 40.5 Å². The predicted molar refractivity (Wildman–Crippen MR) is 87.2 cm³/mol. The average molecular weight is 318 g/mol. The fourth-order valence-corrected chi connectivity index (χ4v) is 3.82. The van der Waals surface area contributed by atoms with Crippen molar-refractivity contribution in [1.29, 1.82) is 0 Å². The maximum atomic E-state index is 12.0. The number of alkyl carbamates (subject to hydrolysis) is 1. The van der Waals surface area contributed by atoms with Gasteiger partial charge < -0.3 is 14.8 Å². The molecule has 0 aliphatic rings. The molecule has 0 spiro atoms. The van der Waals surface area contributed by atoms with Crippen LogP contribution in [0.2, 0.25) is 25.2 Å². The van der Waals surface area contributed by atoms with Gasteiger partial charge in [0.2, 0.25) is 0 Å². The third kappa shape index (κ3) is 9.50. The van der Waals surface area contributed by atoms with E-state index >= 15 is 0 Å². The van der Waals surface area contributed by atoms with Crippen molar-refractivity contribution in [3.63, 3.8) is 0 Å². The minimum Gasteiger partial charge on any atom is -0.466 e. The van der Waals surface area contributed by atoms with Gasteiger partial charge in [0.05, 0.1) is 20.2 Å². The highest BCUT2D eigenvalue weighted by Gasteiger charge is 2.33. The molecule has 1 amide bonds. The smallest absolute Gasteiger partial charge is 0.407 e. The molecule has 0 aromatic carbocycles.